The van der Waals surface area contributed by atoms with Crippen molar-refractivity contribution in [2.24, 2.45) is 0 Å². The Hall–Kier alpha value is -2.83. The molecule has 0 spiro atoms. The Morgan fingerprint density at radius 3 is 2.38 bits per heavy atom. The second kappa shape index (κ2) is 7.59. The summed E-state index contributed by atoms with van der Waals surface area (Å²) in [5.41, 5.74) is 1.22. The molecule has 7 nitrogen and oxygen atoms in total. The minimum absolute atomic E-state index is 0.0403. The van der Waals surface area contributed by atoms with Crippen LogP contribution in [-0.2, 0) is 0 Å². The highest BCUT2D eigenvalue weighted by atomic mass is 16.2. The van der Waals surface area contributed by atoms with Gasteiger partial charge in [0, 0.05) is 63.4 Å². The molecule has 2 aromatic rings. The number of aromatic nitrogens is 2. The fourth-order valence-corrected chi connectivity index (χ4v) is 3.58. The predicted octanol–water partition coefficient (Wildman–Crippen LogP) is 1.59. The largest absolute Gasteiger partial charge is 0.369 e. The maximum absolute atomic E-state index is 12.6. The van der Waals surface area contributed by atoms with E-state index in [-0.39, 0.29) is 12.1 Å². The van der Waals surface area contributed by atoms with Crippen LogP contribution in [-0.4, -0.2) is 66.2 Å². The monoisotopic (exact) mass is 352 g/mol. The highest BCUT2D eigenvalue weighted by molar-refractivity contribution is 5.75. The number of amides is 2. The molecule has 0 radical (unpaired) electrons. The molecule has 4 rings (SSSR count). The van der Waals surface area contributed by atoms with Crippen molar-refractivity contribution >= 4 is 17.7 Å². The van der Waals surface area contributed by atoms with Gasteiger partial charge in [-0.25, -0.2) is 14.8 Å². The van der Waals surface area contributed by atoms with Crippen molar-refractivity contribution in [3.05, 3.63) is 48.8 Å². The van der Waals surface area contributed by atoms with Crippen molar-refractivity contribution in [3.8, 4) is 0 Å². The number of rotatable bonds is 3. The summed E-state index contributed by atoms with van der Waals surface area (Å²) >= 11 is 0. The smallest absolute Gasteiger partial charge is 0.317 e. The Labute approximate surface area is 153 Å². The maximum Gasteiger partial charge on any atom is 0.317 e. The fourth-order valence-electron chi connectivity index (χ4n) is 3.58. The van der Waals surface area contributed by atoms with Crippen LogP contribution in [0.5, 0.6) is 0 Å². The first kappa shape index (κ1) is 16.6. The normalized spacial score (nSPS) is 20.3. The molecule has 2 amide bonds. The topological polar surface area (TPSA) is 64.6 Å². The molecule has 1 aromatic carbocycles. The average molecular weight is 352 g/mol. The van der Waals surface area contributed by atoms with Crippen LogP contribution in [0.1, 0.15) is 6.42 Å². The molecule has 2 saturated heterocycles. The zero-order chi connectivity index (χ0) is 17.8. The summed E-state index contributed by atoms with van der Waals surface area (Å²) in [6.07, 6.45) is 4.48. The van der Waals surface area contributed by atoms with Gasteiger partial charge in [-0.1, -0.05) is 18.2 Å². The molecular formula is C19H24N6O. The van der Waals surface area contributed by atoms with E-state index < -0.39 is 0 Å². The Morgan fingerprint density at radius 1 is 0.923 bits per heavy atom. The summed E-state index contributed by atoms with van der Waals surface area (Å²) in [5.74, 6) is 0.738. The molecule has 3 heterocycles. The molecule has 2 aliphatic rings. The number of hydrogen-bond donors (Lipinski definition) is 1. The molecule has 1 aromatic heterocycles. The van der Waals surface area contributed by atoms with Crippen LogP contribution in [0.25, 0.3) is 0 Å². The Bertz CT molecular complexity index is 717. The fraction of sp³-hybridized carbons (Fsp3) is 0.421. The summed E-state index contributed by atoms with van der Waals surface area (Å²) in [4.78, 5) is 27.5. The molecule has 1 N–H and O–H groups in total. The molecule has 26 heavy (non-hydrogen) atoms. The van der Waals surface area contributed by atoms with Crippen molar-refractivity contribution in [3.63, 3.8) is 0 Å². The first-order chi connectivity index (χ1) is 12.8. The summed E-state index contributed by atoms with van der Waals surface area (Å²) in [6.45, 7) is 4.76. The van der Waals surface area contributed by atoms with Crippen molar-refractivity contribution in [1.29, 1.82) is 0 Å². The van der Waals surface area contributed by atoms with Crippen molar-refractivity contribution in [2.45, 2.75) is 12.5 Å². The first-order valence-corrected chi connectivity index (χ1v) is 9.17. The van der Waals surface area contributed by atoms with Crippen LogP contribution >= 0.6 is 0 Å². The van der Waals surface area contributed by atoms with E-state index in [1.807, 2.05) is 17.0 Å². The average Bonchev–Trinajstić information content (AvgIpc) is 3.18. The van der Waals surface area contributed by atoms with Crippen LogP contribution in [0.2, 0.25) is 0 Å². The number of hydrogen-bond acceptors (Lipinski definition) is 5. The SMILES string of the molecule is O=C(NC1CCN(c2ccccc2)C1)N1CCN(c2ncccn2)CC1. The number of carbonyl (C=O) groups is 1. The van der Waals surface area contributed by atoms with Gasteiger partial charge in [-0.15, -0.1) is 0 Å². The van der Waals surface area contributed by atoms with Gasteiger partial charge < -0.3 is 20.0 Å². The molecule has 0 bridgehead atoms. The van der Waals surface area contributed by atoms with E-state index in [9.17, 15) is 4.79 Å². The standard InChI is InChI=1S/C19H24N6O/c26-19(22-16-7-10-25(15-16)17-5-2-1-3-6-17)24-13-11-23(12-14-24)18-20-8-4-9-21-18/h1-6,8-9,16H,7,10-15H2,(H,22,26). The Kier molecular flexibility index (Phi) is 4.86. The van der Waals surface area contributed by atoms with Crippen molar-refractivity contribution in [1.82, 2.24) is 20.2 Å². The Balaban J connectivity index is 1.26. The molecular weight excluding hydrogens is 328 g/mol. The van der Waals surface area contributed by atoms with E-state index in [1.54, 1.807) is 12.4 Å². The van der Waals surface area contributed by atoms with E-state index >= 15 is 0 Å². The van der Waals surface area contributed by atoms with Crippen LogP contribution in [0.3, 0.4) is 0 Å². The molecule has 2 fully saturated rings. The summed E-state index contributed by atoms with van der Waals surface area (Å²) < 4.78 is 0. The lowest BCUT2D eigenvalue weighted by atomic mass is 10.2. The summed E-state index contributed by atoms with van der Waals surface area (Å²) in [6, 6.07) is 12.4. The minimum atomic E-state index is 0.0403. The van der Waals surface area contributed by atoms with Crippen LogP contribution in [0.15, 0.2) is 48.8 Å². The highest BCUT2D eigenvalue weighted by Crippen LogP contribution is 2.20. The Morgan fingerprint density at radius 2 is 1.65 bits per heavy atom. The molecule has 1 unspecified atom stereocenters. The van der Waals surface area contributed by atoms with Crippen molar-refractivity contribution in [2.75, 3.05) is 49.1 Å². The summed E-state index contributed by atoms with van der Waals surface area (Å²) in [7, 11) is 0. The van der Waals surface area contributed by atoms with E-state index in [1.165, 1.54) is 5.69 Å². The quantitative estimate of drug-likeness (QED) is 0.909. The zero-order valence-corrected chi connectivity index (χ0v) is 14.8. The lowest BCUT2D eigenvalue weighted by Gasteiger charge is -2.35. The van der Waals surface area contributed by atoms with Gasteiger partial charge in [0.05, 0.1) is 0 Å². The number of nitrogens with one attached hydrogen (secondary N) is 1. The van der Waals surface area contributed by atoms with Gasteiger partial charge >= 0.3 is 6.03 Å². The van der Waals surface area contributed by atoms with Crippen molar-refractivity contribution < 1.29 is 4.79 Å². The van der Waals surface area contributed by atoms with Gasteiger partial charge in [0.1, 0.15) is 0 Å². The van der Waals surface area contributed by atoms with Gasteiger partial charge in [0.25, 0.3) is 0 Å². The third-order valence-corrected chi connectivity index (χ3v) is 5.04. The molecule has 0 saturated carbocycles. The van der Waals surface area contributed by atoms with Gasteiger partial charge in [0.15, 0.2) is 0 Å². The minimum Gasteiger partial charge on any atom is -0.369 e. The number of anilines is 2. The molecule has 0 aliphatic carbocycles. The summed E-state index contributed by atoms with van der Waals surface area (Å²) in [5, 5.41) is 3.20. The van der Waals surface area contributed by atoms with E-state index in [0.717, 1.165) is 38.5 Å². The number of para-hydroxylation sites is 1. The second-order valence-corrected chi connectivity index (χ2v) is 6.74. The van der Waals surface area contributed by atoms with Crippen LogP contribution in [0, 0.1) is 0 Å². The third-order valence-electron chi connectivity index (χ3n) is 5.04. The van der Waals surface area contributed by atoms with Gasteiger partial charge in [0.2, 0.25) is 5.95 Å². The predicted molar refractivity (Wildman–Crippen MR) is 101 cm³/mol. The van der Waals surface area contributed by atoms with E-state index in [4.69, 9.17) is 0 Å². The maximum atomic E-state index is 12.6. The second-order valence-electron chi connectivity index (χ2n) is 6.74. The number of piperazine rings is 1. The number of carbonyl (C=O) groups excluding carboxylic acids is 1. The third kappa shape index (κ3) is 3.71. The molecule has 7 heteroatoms. The van der Waals surface area contributed by atoms with Crippen LogP contribution in [0.4, 0.5) is 16.4 Å². The highest BCUT2D eigenvalue weighted by Gasteiger charge is 2.27. The van der Waals surface area contributed by atoms with E-state index in [0.29, 0.717) is 13.1 Å². The number of nitrogens with zero attached hydrogens (tertiary/aromatic N) is 5. The lowest BCUT2D eigenvalue weighted by molar-refractivity contribution is 0.191. The lowest BCUT2D eigenvalue weighted by Crippen LogP contribution is -2.54. The van der Waals surface area contributed by atoms with Gasteiger partial charge in [-0.3, -0.25) is 0 Å². The zero-order valence-electron chi connectivity index (χ0n) is 14.8. The molecule has 2 aliphatic heterocycles. The van der Waals surface area contributed by atoms with Crippen LogP contribution < -0.4 is 15.1 Å². The number of benzene rings is 1. The van der Waals surface area contributed by atoms with Gasteiger partial charge in [-0.05, 0) is 24.6 Å². The first-order valence-electron chi connectivity index (χ1n) is 9.17. The van der Waals surface area contributed by atoms with Gasteiger partial charge in [-0.2, -0.15) is 0 Å². The number of urea groups is 1. The molecule has 136 valence electrons. The molecule has 1 atom stereocenters. The van der Waals surface area contributed by atoms with E-state index in [2.05, 4.69) is 49.4 Å².